The number of rotatable bonds is 9. The normalized spacial score (nSPS) is 10.7. The van der Waals surface area contributed by atoms with Crippen LogP contribution in [0.15, 0.2) is 55.0 Å². The minimum atomic E-state index is -0.457. The van der Waals surface area contributed by atoms with Gasteiger partial charge in [-0.25, -0.2) is 19.7 Å². The molecule has 1 aromatic carbocycles. The van der Waals surface area contributed by atoms with Gasteiger partial charge in [-0.3, -0.25) is 4.98 Å². The Hall–Kier alpha value is -3.79. The monoisotopic (exact) mass is 450 g/mol. The van der Waals surface area contributed by atoms with E-state index in [0.29, 0.717) is 36.6 Å². The smallest absolute Gasteiger partial charge is 0.407 e. The third-order valence-electron chi connectivity index (χ3n) is 4.55. The molecule has 0 saturated heterocycles. The number of pyridine rings is 1. The Bertz CT molecular complexity index is 1180. The number of nitrogens with one attached hydrogen (secondary N) is 2. The van der Waals surface area contributed by atoms with Crippen LogP contribution in [-0.4, -0.2) is 39.7 Å². The van der Waals surface area contributed by atoms with Crippen LogP contribution in [0.25, 0.3) is 10.3 Å². The summed E-state index contributed by atoms with van der Waals surface area (Å²) in [6.07, 6.45) is 3.33. The third-order valence-corrected chi connectivity index (χ3v) is 5.58. The van der Waals surface area contributed by atoms with Crippen LogP contribution in [0.1, 0.15) is 16.3 Å². The maximum absolute atomic E-state index is 11.9. The molecule has 0 bridgehead atoms. The average Bonchev–Trinajstić information content (AvgIpc) is 3.26. The van der Waals surface area contributed by atoms with Crippen molar-refractivity contribution >= 4 is 33.6 Å². The number of benzene rings is 1. The van der Waals surface area contributed by atoms with Crippen molar-refractivity contribution in [3.63, 3.8) is 0 Å². The summed E-state index contributed by atoms with van der Waals surface area (Å²) in [6, 6.07) is 13.2. The zero-order valence-electron chi connectivity index (χ0n) is 17.4. The van der Waals surface area contributed by atoms with E-state index in [0.717, 1.165) is 21.1 Å². The Balaban J connectivity index is 1.32. The first-order chi connectivity index (χ1) is 15.7. The predicted molar refractivity (Wildman–Crippen MR) is 122 cm³/mol. The standard InChI is InChI=1S/C22H22N6O3S/c1-30-17-8-5-10-23-16(17)12-25-20-19-21(27-14-26-20)32-18(28-19)9-11-24-22(29)31-13-15-6-3-2-4-7-15/h2-8,10,14H,9,11-13H2,1H3,(H,24,29)(H,25,26,27). The molecule has 0 aliphatic rings. The van der Waals surface area contributed by atoms with Gasteiger partial charge >= 0.3 is 6.09 Å². The molecule has 10 heteroatoms. The molecule has 4 aromatic rings. The summed E-state index contributed by atoms with van der Waals surface area (Å²) in [4.78, 5) is 30.3. The number of alkyl carbamates (subject to hydrolysis) is 1. The van der Waals surface area contributed by atoms with Gasteiger partial charge in [0.05, 0.1) is 18.7 Å². The van der Waals surface area contributed by atoms with Crippen LogP contribution in [0.4, 0.5) is 10.6 Å². The highest BCUT2D eigenvalue weighted by Crippen LogP contribution is 2.25. The van der Waals surface area contributed by atoms with E-state index in [9.17, 15) is 4.79 Å². The lowest BCUT2D eigenvalue weighted by atomic mass is 10.2. The fourth-order valence-corrected chi connectivity index (χ4v) is 3.89. The molecule has 0 spiro atoms. The fraction of sp³-hybridized carbons (Fsp3) is 0.227. The summed E-state index contributed by atoms with van der Waals surface area (Å²) in [7, 11) is 1.61. The van der Waals surface area contributed by atoms with E-state index in [1.54, 1.807) is 13.3 Å². The van der Waals surface area contributed by atoms with E-state index in [-0.39, 0.29) is 6.61 Å². The van der Waals surface area contributed by atoms with E-state index in [1.807, 2.05) is 42.5 Å². The summed E-state index contributed by atoms with van der Waals surface area (Å²) in [5.41, 5.74) is 2.40. The fourth-order valence-electron chi connectivity index (χ4n) is 2.99. The number of methoxy groups -OCH3 is 1. The van der Waals surface area contributed by atoms with Crippen molar-refractivity contribution in [2.75, 3.05) is 19.0 Å². The lowest BCUT2D eigenvalue weighted by Gasteiger charge is -2.08. The van der Waals surface area contributed by atoms with E-state index in [1.165, 1.54) is 17.7 Å². The predicted octanol–water partition coefficient (Wildman–Crippen LogP) is 3.57. The molecule has 0 saturated carbocycles. The van der Waals surface area contributed by atoms with Crippen molar-refractivity contribution in [3.05, 3.63) is 71.3 Å². The van der Waals surface area contributed by atoms with E-state index >= 15 is 0 Å². The van der Waals surface area contributed by atoms with Crippen LogP contribution in [0.2, 0.25) is 0 Å². The Morgan fingerprint density at radius 1 is 1.09 bits per heavy atom. The molecule has 3 aromatic heterocycles. The molecule has 32 heavy (non-hydrogen) atoms. The summed E-state index contributed by atoms with van der Waals surface area (Å²) in [5, 5.41) is 6.86. The molecule has 2 N–H and O–H groups in total. The van der Waals surface area contributed by atoms with Crippen molar-refractivity contribution in [1.82, 2.24) is 25.3 Å². The van der Waals surface area contributed by atoms with E-state index < -0.39 is 6.09 Å². The second-order valence-electron chi connectivity index (χ2n) is 6.73. The van der Waals surface area contributed by atoms with Crippen LogP contribution in [0.5, 0.6) is 5.75 Å². The van der Waals surface area contributed by atoms with Crippen molar-refractivity contribution in [2.45, 2.75) is 19.6 Å². The van der Waals surface area contributed by atoms with Gasteiger partial charge < -0.3 is 20.1 Å². The Labute approximate surface area is 188 Å². The molecule has 0 fully saturated rings. The number of hydrogen-bond donors (Lipinski definition) is 2. The third kappa shape index (κ3) is 5.46. The maximum atomic E-state index is 11.9. The minimum absolute atomic E-state index is 0.236. The number of thiazole rings is 1. The molecule has 0 aliphatic heterocycles. The minimum Gasteiger partial charge on any atom is -0.495 e. The van der Waals surface area contributed by atoms with Gasteiger partial charge in [-0.2, -0.15) is 0 Å². The Kier molecular flexibility index (Phi) is 7.03. The van der Waals surface area contributed by atoms with Gasteiger partial charge in [0, 0.05) is 19.2 Å². The molecule has 0 aliphatic carbocycles. The van der Waals surface area contributed by atoms with Gasteiger partial charge in [0.15, 0.2) is 5.82 Å². The summed E-state index contributed by atoms with van der Waals surface area (Å²) < 4.78 is 10.6. The van der Waals surface area contributed by atoms with Crippen molar-refractivity contribution in [3.8, 4) is 5.75 Å². The second kappa shape index (κ2) is 10.5. The largest absolute Gasteiger partial charge is 0.495 e. The molecule has 3 heterocycles. The van der Waals surface area contributed by atoms with Crippen molar-refractivity contribution < 1.29 is 14.3 Å². The quantitative estimate of drug-likeness (QED) is 0.398. The first-order valence-corrected chi connectivity index (χ1v) is 10.8. The van der Waals surface area contributed by atoms with Gasteiger partial charge in [-0.05, 0) is 17.7 Å². The number of fused-ring (bicyclic) bond motifs is 1. The number of nitrogens with zero attached hydrogens (tertiary/aromatic N) is 4. The Morgan fingerprint density at radius 3 is 2.81 bits per heavy atom. The highest BCUT2D eigenvalue weighted by atomic mass is 32.1. The molecular formula is C22H22N6O3S. The lowest BCUT2D eigenvalue weighted by molar-refractivity contribution is 0.140. The number of ether oxygens (including phenoxy) is 2. The van der Waals surface area contributed by atoms with Gasteiger partial charge in [-0.1, -0.05) is 41.7 Å². The maximum Gasteiger partial charge on any atom is 0.407 e. The SMILES string of the molecule is COc1cccnc1CNc1ncnc2sc(CCNC(=O)OCc3ccccc3)nc12. The number of carbonyl (C=O) groups excluding carboxylic acids is 1. The zero-order chi connectivity index (χ0) is 22.2. The van der Waals surface area contributed by atoms with Crippen LogP contribution >= 0.6 is 11.3 Å². The molecular weight excluding hydrogens is 428 g/mol. The van der Waals surface area contributed by atoms with Crippen molar-refractivity contribution in [1.29, 1.82) is 0 Å². The molecule has 1 amide bonds. The highest BCUT2D eigenvalue weighted by molar-refractivity contribution is 7.18. The van der Waals surface area contributed by atoms with Crippen LogP contribution < -0.4 is 15.4 Å². The molecule has 9 nitrogen and oxygen atoms in total. The van der Waals surface area contributed by atoms with Gasteiger partial charge in [0.2, 0.25) is 0 Å². The lowest BCUT2D eigenvalue weighted by Crippen LogP contribution is -2.26. The molecule has 164 valence electrons. The van der Waals surface area contributed by atoms with Crippen LogP contribution in [0.3, 0.4) is 0 Å². The number of anilines is 1. The number of carbonyl (C=O) groups is 1. The summed E-state index contributed by atoms with van der Waals surface area (Å²) in [5.74, 6) is 1.33. The van der Waals surface area contributed by atoms with Gasteiger partial charge in [0.25, 0.3) is 0 Å². The average molecular weight is 451 g/mol. The highest BCUT2D eigenvalue weighted by Gasteiger charge is 2.12. The molecule has 4 rings (SSSR count). The van der Waals surface area contributed by atoms with Gasteiger partial charge in [0.1, 0.15) is 34.7 Å². The zero-order valence-corrected chi connectivity index (χ0v) is 18.3. The Morgan fingerprint density at radius 2 is 1.97 bits per heavy atom. The molecule has 0 atom stereocenters. The topological polar surface area (TPSA) is 111 Å². The number of aromatic nitrogens is 4. The van der Waals surface area contributed by atoms with E-state index in [4.69, 9.17) is 9.47 Å². The number of hydrogen-bond acceptors (Lipinski definition) is 9. The number of amides is 1. The van der Waals surface area contributed by atoms with Crippen LogP contribution in [0, 0.1) is 0 Å². The van der Waals surface area contributed by atoms with Crippen molar-refractivity contribution in [2.24, 2.45) is 0 Å². The van der Waals surface area contributed by atoms with Crippen LogP contribution in [-0.2, 0) is 24.3 Å². The summed E-state index contributed by atoms with van der Waals surface area (Å²) >= 11 is 1.47. The van der Waals surface area contributed by atoms with E-state index in [2.05, 4.69) is 30.6 Å². The first kappa shape index (κ1) is 21.4. The molecule has 0 unspecified atom stereocenters. The van der Waals surface area contributed by atoms with Gasteiger partial charge in [-0.15, -0.1) is 0 Å². The first-order valence-electron chi connectivity index (χ1n) is 9.99. The summed E-state index contributed by atoms with van der Waals surface area (Å²) in [6.45, 7) is 1.09. The molecule has 0 radical (unpaired) electrons. The second-order valence-corrected chi connectivity index (χ2v) is 7.79.